The van der Waals surface area contributed by atoms with Crippen LogP contribution in [0.2, 0.25) is 0 Å². The van der Waals surface area contributed by atoms with Crippen LogP contribution in [-0.4, -0.2) is 20.8 Å². The van der Waals surface area contributed by atoms with E-state index < -0.39 is 0 Å². The first-order chi connectivity index (χ1) is 8.31. The second-order valence-electron chi connectivity index (χ2n) is 4.72. The SMILES string of the molecule is Cn1cnnc1CNC1CCCCCC1C#N. The van der Waals surface area contributed by atoms with Crippen LogP contribution in [0.3, 0.4) is 0 Å². The number of rotatable bonds is 3. The molecular formula is C12H19N5. The van der Waals surface area contributed by atoms with Crippen LogP contribution in [0.15, 0.2) is 6.33 Å². The summed E-state index contributed by atoms with van der Waals surface area (Å²) in [4.78, 5) is 0. The van der Waals surface area contributed by atoms with E-state index in [1.54, 1.807) is 6.33 Å². The van der Waals surface area contributed by atoms with Crippen molar-refractivity contribution in [2.45, 2.75) is 44.7 Å². The molecule has 1 aromatic rings. The van der Waals surface area contributed by atoms with Crippen LogP contribution in [0.5, 0.6) is 0 Å². The summed E-state index contributed by atoms with van der Waals surface area (Å²) in [5, 5.41) is 20.5. The molecule has 1 fully saturated rings. The minimum Gasteiger partial charge on any atom is -0.320 e. The predicted octanol–water partition coefficient (Wildman–Crippen LogP) is 1.38. The van der Waals surface area contributed by atoms with Crippen molar-refractivity contribution in [1.82, 2.24) is 20.1 Å². The summed E-state index contributed by atoms with van der Waals surface area (Å²) in [7, 11) is 1.94. The summed E-state index contributed by atoms with van der Waals surface area (Å²) < 4.78 is 1.91. The molecule has 2 atom stereocenters. The smallest absolute Gasteiger partial charge is 0.146 e. The Morgan fingerprint density at radius 2 is 2.29 bits per heavy atom. The summed E-state index contributed by atoms with van der Waals surface area (Å²) in [5.41, 5.74) is 0. The standard InChI is InChI=1S/C12H19N5/c1-17-9-15-16-12(17)8-14-11-6-4-2-3-5-10(11)7-13/h9-11,14H,2-6,8H2,1H3. The monoisotopic (exact) mass is 233 g/mol. The molecule has 1 aliphatic carbocycles. The van der Waals surface area contributed by atoms with Gasteiger partial charge in [0.05, 0.1) is 18.5 Å². The maximum atomic E-state index is 9.18. The van der Waals surface area contributed by atoms with Crippen molar-refractivity contribution >= 4 is 0 Å². The third-order valence-electron chi connectivity index (χ3n) is 3.51. The third-order valence-corrected chi connectivity index (χ3v) is 3.51. The highest BCUT2D eigenvalue weighted by molar-refractivity contribution is 4.95. The Kier molecular flexibility index (Phi) is 4.10. The van der Waals surface area contributed by atoms with E-state index in [4.69, 9.17) is 0 Å². The Bertz CT molecular complexity index is 392. The maximum Gasteiger partial charge on any atom is 0.146 e. The number of aromatic nitrogens is 3. The largest absolute Gasteiger partial charge is 0.320 e. The normalized spacial score (nSPS) is 25.2. The number of hydrogen-bond donors (Lipinski definition) is 1. The highest BCUT2D eigenvalue weighted by Crippen LogP contribution is 2.23. The van der Waals surface area contributed by atoms with Crippen LogP contribution >= 0.6 is 0 Å². The maximum absolute atomic E-state index is 9.18. The number of nitriles is 1. The third kappa shape index (κ3) is 3.04. The molecule has 5 nitrogen and oxygen atoms in total. The molecule has 2 unspecified atom stereocenters. The van der Waals surface area contributed by atoms with Crippen molar-refractivity contribution in [2.24, 2.45) is 13.0 Å². The Hall–Kier alpha value is -1.41. The second kappa shape index (κ2) is 5.78. The van der Waals surface area contributed by atoms with Gasteiger partial charge in [-0.2, -0.15) is 5.26 Å². The summed E-state index contributed by atoms with van der Waals surface area (Å²) in [6.07, 6.45) is 7.46. The molecule has 1 aliphatic rings. The molecule has 0 aromatic carbocycles. The first-order valence-electron chi connectivity index (χ1n) is 6.27. The number of nitrogens with zero attached hydrogens (tertiary/aromatic N) is 4. The molecule has 0 saturated heterocycles. The van der Waals surface area contributed by atoms with E-state index in [-0.39, 0.29) is 5.92 Å². The molecule has 1 aromatic heterocycles. The molecule has 0 radical (unpaired) electrons. The fourth-order valence-corrected chi connectivity index (χ4v) is 2.40. The highest BCUT2D eigenvalue weighted by atomic mass is 15.3. The molecule has 0 bridgehead atoms. The van der Waals surface area contributed by atoms with Crippen molar-refractivity contribution in [1.29, 1.82) is 5.26 Å². The van der Waals surface area contributed by atoms with E-state index >= 15 is 0 Å². The van der Waals surface area contributed by atoms with Gasteiger partial charge in [-0.15, -0.1) is 10.2 Å². The fraction of sp³-hybridized carbons (Fsp3) is 0.750. The van der Waals surface area contributed by atoms with Gasteiger partial charge in [0.1, 0.15) is 12.2 Å². The molecular weight excluding hydrogens is 214 g/mol. The van der Waals surface area contributed by atoms with Gasteiger partial charge >= 0.3 is 0 Å². The van der Waals surface area contributed by atoms with Crippen molar-refractivity contribution in [2.75, 3.05) is 0 Å². The summed E-state index contributed by atoms with van der Waals surface area (Å²) in [5.74, 6) is 1.07. The Labute approximate surface area is 102 Å². The van der Waals surface area contributed by atoms with Crippen LogP contribution < -0.4 is 5.32 Å². The zero-order valence-electron chi connectivity index (χ0n) is 10.3. The topological polar surface area (TPSA) is 66.5 Å². The molecule has 0 amide bonds. The molecule has 0 spiro atoms. The number of aryl methyl sites for hydroxylation is 1. The van der Waals surface area contributed by atoms with Crippen LogP contribution in [0, 0.1) is 17.2 Å². The van der Waals surface area contributed by atoms with Gasteiger partial charge in [-0.25, -0.2) is 0 Å². The van der Waals surface area contributed by atoms with E-state index in [0.717, 1.165) is 18.7 Å². The summed E-state index contributed by atoms with van der Waals surface area (Å²) in [6.45, 7) is 0.694. The van der Waals surface area contributed by atoms with Gasteiger partial charge in [0.15, 0.2) is 0 Å². The Morgan fingerprint density at radius 3 is 3.00 bits per heavy atom. The summed E-state index contributed by atoms with van der Waals surface area (Å²) >= 11 is 0. The van der Waals surface area contributed by atoms with E-state index in [1.807, 2.05) is 11.6 Å². The zero-order valence-corrected chi connectivity index (χ0v) is 10.3. The fourth-order valence-electron chi connectivity index (χ4n) is 2.40. The lowest BCUT2D eigenvalue weighted by atomic mass is 9.96. The van der Waals surface area contributed by atoms with Crippen molar-refractivity contribution in [3.8, 4) is 6.07 Å². The number of hydrogen-bond acceptors (Lipinski definition) is 4. The first-order valence-corrected chi connectivity index (χ1v) is 6.27. The van der Waals surface area contributed by atoms with Crippen LogP contribution in [0.1, 0.15) is 37.9 Å². The van der Waals surface area contributed by atoms with Gasteiger partial charge in [0.25, 0.3) is 0 Å². The highest BCUT2D eigenvalue weighted by Gasteiger charge is 2.23. The van der Waals surface area contributed by atoms with Gasteiger partial charge in [-0.05, 0) is 12.8 Å². The van der Waals surface area contributed by atoms with E-state index in [9.17, 15) is 5.26 Å². The lowest BCUT2D eigenvalue weighted by molar-refractivity contribution is 0.387. The minimum absolute atomic E-state index is 0.144. The molecule has 17 heavy (non-hydrogen) atoms. The van der Waals surface area contributed by atoms with E-state index in [1.165, 1.54) is 19.3 Å². The molecule has 1 heterocycles. The first kappa shape index (κ1) is 12.1. The van der Waals surface area contributed by atoms with Gasteiger partial charge in [-0.3, -0.25) is 0 Å². The lowest BCUT2D eigenvalue weighted by Gasteiger charge is -2.20. The number of nitrogens with one attached hydrogen (secondary N) is 1. The van der Waals surface area contributed by atoms with Gasteiger partial charge < -0.3 is 9.88 Å². The summed E-state index contributed by atoms with van der Waals surface area (Å²) in [6, 6.07) is 2.74. The van der Waals surface area contributed by atoms with Gasteiger partial charge in [-0.1, -0.05) is 19.3 Å². The lowest BCUT2D eigenvalue weighted by Crippen LogP contribution is -2.35. The van der Waals surface area contributed by atoms with Crippen molar-refractivity contribution < 1.29 is 0 Å². The van der Waals surface area contributed by atoms with Gasteiger partial charge in [0, 0.05) is 13.1 Å². The van der Waals surface area contributed by atoms with Crippen LogP contribution in [0.4, 0.5) is 0 Å². The average Bonchev–Trinajstić information content (AvgIpc) is 2.63. The average molecular weight is 233 g/mol. The van der Waals surface area contributed by atoms with Crippen LogP contribution in [-0.2, 0) is 13.6 Å². The molecule has 0 aliphatic heterocycles. The van der Waals surface area contributed by atoms with Gasteiger partial charge in [0.2, 0.25) is 0 Å². The Morgan fingerprint density at radius 1 is 1.47 bits per heavy atom. The van der Waals surface area contributed by atoms with Crippen molar-refractivity contribution in [3.05, 3.63) is 12.2 Å². The zero-order chi connectivity index (χ0) is 12.1. The van der Waals surface area contributed by atoms with E-state index in [2.05, 4.69) is 21.6 Å². The quantitative estimate of drug-likeness (QED) is 0.801. The Balaban J connectivity index is 1.92. The molecule has 2 rings (SSSR count). The van der Waals surface area contributed by atoms with Crippen LogP contribution in [0.25, 0.3) is 0 Å². The molecule has 1 saturated carbocycles. The molecule has 1 N–H and O–H groups in total. The predicted molar refractivity (Wildman–Crippen MR) is 63.8 cm³/mol. The minimum atomic E-state index is 0.144. The second-order valence-corrected chi connectivity index (χ2v) is 4.72. The van der Waals surface area contributed by atoms with E-state index in [0.29, 0.717) is 12.6 Å². The van der Waals surface area contributed by atoms with Crippen molar-refractivity contribution in [3.63, 3.8) is 0 Å². The molecule has 92 valence electrons. The molecule has 5 heteroatoms.